The van der Waals surface area contributed by atoms with E-state index >= 15 is 0 Å². The molecule has 25 heavy (non-hydrogen) atoms. The van der Waals surface area contributed by atoms with Crippen LogP contribution >= 0.6 is 12.0 Å². The molecule has 3 nitrogen and oxygen atoms in total. The van der Waals surface area contributed by atoms with Crippen molar-refractivity contribution in [2.24, 2.45) is 5.41 Å². The third-order valence-electron chi connectivity index (χ3n) is 4.58. The number of rotatable bonds is 5. The lowest BCUT2D eigenvalue weighted by Gasteiger charge is -2.39. The van der Waals surface area contributed by atoms with E-state index in [2.05, 4.69) is 41.5 Å². The average molecular weight is 367 g/mol. The van der Waals surface area contributed by atoms with Crippen molar-refractivity contribution in [3.63, 3.8) is 0 Å². The highest BCUT2D eigenvalue weighted by Gasteiger charge is 2.37. The summed E-state index contributed by atoms with van der Waals surface area (Å²) < 4.78 is 11.7. The molecule has 0 atom stereocenters. The molecule has 0 radical (unpaired) electrons. The van der Waals surface area contributed by atoms with Crippen molar-refractivity contribution < 1.29 is 13.7 Å². The quantitative estimate of drug-likeness (QED) is 0.345. The molecule has 0 aliphatic carbocycles. The molecular formula is C21H34O3S. The number of ether oxygens (including phenoxy) is 1. The summed E-state index contributed by atoms with van der Waals surface area (Å²) in [7, 11) is 0. The molecule has 142 valence electrons. The number of esters is 1. The SMILES string of the molecule is CC(C)(OC(=O)c1ccc(C(C)(C)C)cc1)SOC(C)(C)C(C)(C)C. The molecular weight excluding hydrogens is 332 g/mol. The van der Waals surface area contributed by atoms with Crippen LogP contribution in [0.3, 0.4) is 0 Å². The van der Waals surface area contributed by atoms with Gasteiger partial charge in [0.15, 0.2) is 4.93 Å². The van der Waals surface area contributed by atoms with Gasteiger partial charge in [0.05, 0.1) is 11.2 Å². The molecule has 0 unspecified atom stereocenters. The Kier molecular flexibility index (Phi) is 6.45. The molecule has 0 bridgehead atoms. The number of hydrogen-bond donors (Lipinski definition) is 0. The fourth-order valence-corrected chi connectivity index (χ4v) is 2.50. The van der Waals surface area contributed by atoms with Crippen molar-refractivity contribution in [2.45, 2.75) is 85.2 Å². The topological polar surface area (TPSA) is 35.5 Å². The zero-order chi connectivity index (χ0) is 19.7. The molecule has 0 aromatic heterocycles. The average Bonchev–Trinajstić information content (AvgIpc) is 2.43. The number of hydrogen-bond acceptors (Lipinski definition) is 4. The van der Waals surface area contributed by atoms with Gasteiger partial charge in [-0.3, -0.25) is 0 Å². The minimum absolute atomic E-state index is 0.0249. The van der Waals surface area contributed by atoms with Crippen molar-refractivity contribution >= 4 is 18.0 Å². The molecule has 0 fully saturated rings. The van der Waals surface area contributed by atoms with Crippen molar-refractivity contribution in [3.8, 4) is 0 Å². The first-order valence-corrected chi connectivity index (χ1v) is 9.50. The first-order valence-electron chi connectivity index (χ1n) is 8.76. The van der Waals surface area contributed by atoms with E-state index in [1.54, 1.807) is 0 Å². The molecule has 0 aliphatic heterocycles. The van der Waals surface area contributed by atoms with Gasteiger partial charge in [-0.2, -0.15) is 0 Å². The van der Waals surface area contributed by atoms with Crippen LogP contribution in [-0.2, 0) is 14.3 Å². The van der Waals surface area contributed by atoms with Crippen LogP contribution in [0.2, 0.25) is 0 Å². The number of carbonyl (C=O) groups excluding carboxylic acids is 1. The van der Waals surface area contributed by atoms with Crippen molar-refractivity contribution in [1.29, 1.82) is 0 Å². The zero-order valence-electron chi connectivity index (χ0n) is 17.4. The third kappa shape index (κ3) is 6.34. The van der Waals surface area contributed by atoms with E-state index in [9.17, 15) is 4.79 Å². The third-order valence-corrected chi connectivity index (χ3v) is 5.57. The maximum Gasteiger partial charge on any atom is 0.339 e. The van der Waals surface area contributed by atoms with Crippen molar-refractivity contribution in [2.75, 3.05) is 0 Å². The second-order valence-electron chi connectivity index (χ2n) is 9.54. The largest absolute Gasteiger partial charge is 0.443 e. The van der Waals surface area contributed by atoms with E-state index in [1.165, 1.54) is 17.6 Å². The molecule has 1 aromatic rings. The van der Waals surface area contributed by atoms with Crippen LogP contribution in [0.15, 0.2) is 24.3 Å². The highest BCUT2D eigenvalue weighted by atomic mass is 32.2. The molecule has 0 saturated heterocycles. The van der Waals surface area contributed by atoms with Crippen molar-refractivity contribution in [1.82, 2.24) is 0 Å². The molecule has 0 saturated carbocycles. The zero-order valence-corrected chi connectivity index (χ0v) is 18.3. The second kappa shape index (κ2) is 7.32. The standard InChI is InChI=1S/C21H34O3S/c1-18(2,3)16-13-11-15(12-14-16)17(22)23-21(9,10)25-24-20(7,8)19(4,5)6/h11-14H,1-10H3. The Morgan fingerprint density at radius 1 is 0.840 bits per heavy atom. The van der Waals surface area contributed by atoms with Gasteiger partial charge in [0.2, 0.25) is 0 Å². The smallest absolute Gasteiger partial charge is 0.339 e. The molecule has 0 aliphatic rings. The molecule has 1 aromatic carbocycles. The summed E-state index contributed by atoms with van der Waals surface area (Å²) in [6.45, 7) is 20.6. The van der Waals surface area contributed by atoms with Crippen LogP contribution in [-0.4, -0.2) is 16.5 Å². The van der Waals surface area contributed by atoms with Gasteiger partial charge in [0.25, 0.3) is 0 Å². The van der Waals surface area contributed by atoms with Gasteiger partial charge < -0.3 is 8.92 Å². The predicted octanol–water partition coefficient (Wildman–Crippen LogP) is 6.37. The summed E-state index contributed by atoms with van der Waals surface area (Å²) in [6.07, 6.45) is 0. The van der Waals surface area contributed by atoms with Crippen LogP contribution in [0.25, 0.3) is 0 Å². The Balaban J connectivity index is 2.75. The molecule has 0 amide bonds. The van der Waals surface area contributed by atoms with E-state index in [0.717, 1.165) is 0 Å². The Morgan fingerprint density at radius 3 is 1.72 bits per heavy atom. The van der Waals surface area contributed by atoms with Crippen LogP contribution in [0, 0.1) is 5.41 Å². The first-order chi connectivity index (χ1) is 11.1. The number of benzene rings is 1. The van der Waals surface area contributed by atoms with Gasteiger partial charge in [0.1, 0.15) is 0 Å². The lowest BCUT2D eigenvalue weighted by atomic mass is 9.79. The van der Waals surface area contributed by atoms with Gasteiger partial charge >= 0.3 is 5.97 Å². The van der Waals surface area contributed by atoms with Gasteiger partial charge in [0, 0.05) is 12.0 Å². The molecule has 4 heteroatoms. The Hall–Kier alpha value is -1.00. The Morgan fingerprint density at radius 2 is 1.32 bits per heavy atom. The first kappa shape index (κ1) is 22.0. The summed E-state index contributed by atoms with van der Waals surface area (Å²) in [5.41, 5.74) is 1.42. The summed E-state index contributed by atoms with van der Waals surface area (Å²) >= 11 is 1.20. The normalized spacial score (nSPS) is 13.7. The van der Waals surface area contributed by atoms with Gasteiger partial charge in [-0.15, -0.1) is 0 Å². The van der Waals surface area contributed by atoms with Gasteiger partial charge in [-0.25, -0.2) is 4.79 Å². The highest BCUT2D eigenvalue weighted by molar-refractivity contribution is 7.95. The second-order valence-corrected chi connectivity index (χ2v) is 10.9. The maximum absolute atomic E-state index is 12.5. The summed E-state index contributed by atoms with van der Waals surface area (Å²) in [6, 6.07) is 7.61. The predicted molar refractivity (Wildman–Crippen MR) is 107 cm³/mol. The fourth-order valence-electron chi connectivity index (χ4n) is 1.73. The van der Waals surface area contributed by atoms with Crippen LogP contribution in [0.1, 0.15) is 85.2 Å². The number of carbonyl (C=O) groups is 1. The maximum atomic E-state index is 12.5. The van der Waals surface area contributed by atoms with Crippen LogP contribution in [0.4, 0.5) is 0 Å². The van der Waals surface area contributed by atoms with Crippen molar-refractivity contribution in [3.05, 3.63) is 35.4 Å². The van der Waals surface area contributed by atoms with E-state index in [-0.39, 0.29) is 22.4 Å². The summed E-state index contributed by atoms with van der Waals surface area (Å²) in [5.74, 6) is -0.338. The van der Waals surface area contributed by atoms with E-state index in [1.807, 2.05) is 52.0 Å². The minimum Gasteiger partial charge on any atom is -0.443 e. The Bertz CT molecular complexity index is 587. The van der Waals surface area contributed by atoms with Gasteiger partial charge in [-0.1, -0.05) is 53.7 Å². The molecule has 0 heterocycles. The lowest BCUT2D eigenvalue weighted by molar-refractivity contribution is 0.00245. The minimum atomic E-state index is -0.775. The summed E-state index contributed by atoms with van der Waals surface area (Å²) in [4.78, 5) is 11.7. The fraction of sp³-hybridized carbons (Fsp3) is 0.667. The molecule has 0 N–H and O–H groups in total. The van der Waals surface area contributed by atoms with E-state index in [0.29, 0.717) is 5.56 Å². The lowest BCUT2D eigenvalue weighted by Crippen LogP contribution is -2.39. The molecule has 0 spiro atoms. The molecule has 1 rings (SSSR count). The highest BCUT2D eigenvalue weighted by Crippen LogP contribution is 2.40. The van der Waals surface area contributed by atoms with E-state index < -0.39 is 4.93 Å². The van der Waals surface area contributed by atoms with Gasteiger partial charge in [-0.05, 0) is 56.2 Å². The monoisotopic (exact) mass is 366 g/mol. The van der Waals surface area contributed by atoms with Crippen LogP contribution < -0.4 is 0 Å². The Labute approximate surface area is 158 Å². The van der Waals surface area contributed by atoms with E-state index in [4.69, 9.17) is 8.92 Å². The summed E-state index contributed by atoms with van der Waals surface area (Å²) in [5, 5.41) is 0. The van der Waals surface area contributed by atoms with Crippen LogP contribution in [0.5, 0.6) is 0 Å².